The lowest BCUT2D eigenvalue weighted by Gasteiger charge is -2.33. The van der Waals surface area contributed by atoms with Crippen molar-refractivity contribution in [3.05, 3.63) is 102 Å². The van der Waals surface area contributed by atoms with Crippen LogP contribution in [0.25, 0.3) is 11.0 Å². The van der Waals surface area contributed by atoms with Crippen LogP contribution in [-0.4, -0.2) is 45.5 Å². The Labute approximate surface area is 203 Å². The van der Waals surface area contributed by atoms with Crippen molar-refractivity contribution in [1.29, 1.82) is 0 Å². The van der Waals surface area contributed by atoms with Gasteiger partial charge in [-0.05, 0) is 62.0 Å². The first kappa shape index (κ1) is 22.8. The maximum atomic E-state index is 4.59. The lowest BCUT2D eigenvalue weighted by atomic mass is 10.0. The maximum absolute atomic E-state index is 4.59. The minimum Gasteiger partial charge on any atom is -0.327 e. The van der Waals surface area contributed by atoms with Gasteiger partial charge in [0.1, 0.15) is 0 Å². The number of unbranched alkanes of at least 4 members (excludes halogenated alkanes) is 1. The third kappa shape index (κ3) is 5.94. The molecule has 0 radical (unpaired) electrons. The molecule has 0 spiro atoms. The summed E-state index contributed by atoms with van der Waals surface area (Å²) in [5.74, 6) is 0. The molecule has 1 aliphatic heterocycles. The van der Waals surface area contributed by atoms with Crippen LogP contribution in [0, 0.1) is 0 Å². The third-order valence-electron chi connectivity index (χ3n) is 7.13. The van der Waals surface area contributed by atoms with E-state index in [9.17, 15) is 0 Å². The predicted molar refractivity (Wildman–Crippen MR) is 141 cm³/mol. The van der Waals surface area contributed by atoms with Crippen LogP contribution in [0.5, 0.6) is 0 Å². The van der Waals surface area contributed by atoms with Crippen molar-refractivity contribution < 1.29 is 0 Å². The highest BCUT2D eigenvalue weighted by molar-refractivity contribution is 5.75. The largest absolute Gasteiger partial charge is 0.327 e. The van der Waals surface area contributed by atoms with Crippen LogP contribution in [0.3, 0.4) is 0 Å². The van der Waals surface area contributed by atoms with Crippen LogP contribution in [-0.2, 0) is 13.1 Å². The summed E-state index contributed by atoms with van der Waals surface area (Å²) in [5, 5.41) is 0. The lowest BCUT2D eigenvalue weighted by Crippen LogP contribution is -2.35. The highest BCUT2D eigenvalue weighted by Crippen LogP contribution is 2.26. The van der Waals surface area contributed by atoms with Gasteiger partial charge in [0.05, 0.1) is 17.4 Å². The van der Waals surface area contributed by atoms with Crippen molar-refractivity contribution in [1.82, 2.24) is 19.4 Å². The van der Waals surface area contributed by atoms with Crippen LogP contribution in [0.15, 0.2) is 91.3 Å². The van der Waals surface area contributed by atoms with Gasteiger partial charge in [-0.15, -0.1) is 0 Å². The highest BCUT2D eigenvalue weighted by atomic mass is 15.2. The standard InChI is InChI=1S/C30H36N4/c1-3-11-26(12-4-1)23-33(24-27-13-5-2-6-14-27)20-10-9-19-32-21-17-28(18-22-32)34-25-31-29-15-7-8-16-30(29)34/h1-8,11-16,25,28H,9-10,17-24H2. The zero-order chi connectivity index (χ0) is 23.0. The molecule has 4 heteroatoms. The molecule has 0 unspecified atom stereocenters. The number of aromatic nitrogens is 2. The molecular weight excluding hydrogens is 416 g/mol. The SMILES string of the molecule is c1ccc(CN(CCCCN2CCC(n3cnc4ccccc43)CC2)Cc2ccccc2)cc1. The second-order valence-electron chi connectivity index (χ2n) is 9.60. The van der Waals surface area contributed by atoms with Crippen LogP contribution in [0.4, 0.5) is 0 Å². The average Bonchev–Trinajstić information content (AvgIpc) is 3.32. The minimum absolute atomic E-state index is 0.580. The molecule has 1 aromatic heterocycles. The van der Waals surface area contributed by atoms with Gasteiger partial charge in [-0.2, -0.15) is 0 Å². The molecule has 0 atom stereocenters. The molecule has 34 heavy (non-hydrogen) atoms. The number of fused-ring (bicyclic) bond motifs is 1. The quantitative estimate of drug-likeness (QED) is 0.270. The number of piperidine rings is 1. The average molecular weight is 453 g/mol. The van der Waals surface area contributed by atoms with Crippen molar-refractivity contribution in [2.24, 2.45) is 0 Å². The number of hydrogen-bond donors (Lipinski definition) is 0. The molecule has 0 bridgehead atoms. The Morgan fingerprint density at radius 2 is 1.35 bits per heavy atom. The van der Waals surface area contributed by atoms with Crippen molar-refractivity contribution >= 4 is 11.0 Å². The molecular formula is C30H36N4. The summed E-state index contributed by atoms with van der Waals surface area (Å²) in [7, 11) is 0. The first-order valence-corrected chi connectivity index (χ1v) is 12.8. The molecule has 2 heterocycles. The molecule has 1 fully saturated rings. The number of benzene rings is 3. The molecule has 4 aromatic rings. The van der Waals surface area contributed by atoms with E-state index in [1.54, 1.807) is 0 Å². The summed E-state index contributed by atoms with van der Waals surface area (Å²) in [4.78, 5) is 9.85. The molecule has 0 amide bonds. The smallest absolute Gasteiger partial charge is 0.0960 e. The van der Waals surface area contributed by atoms with Gasteiger partial charge in [-0.25, -0.2) is 4.98 Å². The summed E-state index contributed by atoms with van der Waals surface area (Å²) < 4.78 is 2.40. The second-order valence-corrected chi connectivity index (χ2v) is 9.60. The van der Waals surface area contributed by atoms with E-state index >= 15 is 0 Å². The molecule has 1 saturated heterocycles. The number of para-hydroxylation sites is 2. The fraction of sp³-hybridized carbons (Fsp3) is 0.367. The first-order chi connectivity index (χ1) is 16.8. The molecule has 0 N–H and O–H groups in total. The van der Waals surface area contributed by atoms with Crippen LogP contribution in [0.1, 0.15) is 42.9 Å². The van der Waals surface area contributed by atoms with Crippen molar-refractivity contribution in [3.63, 3.8) is 0 Å². The molecule has 0 saturated carbocycles. The summed E-state index contributed by atoms with van der Waals surface area (Å²) in [5.41, 5.74) is 5.18. The van der Waals surface area contributed by atoms with E-state index in [1.807, 2.05) is 6.33 Å². The van der Waals surface area contributed by atoms with E-state index in [0.29, 0.717) is 6.04 Å². The van der Waals surface area contributed by atoms with Crippen molar-refractivity contribution in [3.8, 4) is 0 Å². The fourth-order valence-electron chi connectivity index (χ4n) is 5.26. The van der Waals surface area contributed by atoms with Gasteiger partial charge in [0.25, 0.3) is 0 Å². The summed E-state index contributed by atoms with van der Waals surface area (Å²) in [6, 6.07) is 30.8. The van der Waals surface area contributed by atoms with Crippen LogP contribution < -0.4 is 0 Å². The monoisotopic (exact) mass is 452 g/mol. The summed E-state index contributed by atoms with van der Waals surface area (Å²) >= 11 is 0. The molecule has 3 aromatic carbocycles. The van der Waals surface area contributed by atoms with Gasteiger partial charge in [-0.3, -0.25) is 4.90 Å². The molecule has 0 aliphatic carbocycles. The highest BCUT2D eigenvalue weighted by Gasteiger charge is 2.21. The molecule has 1 aliphatic rings. The van der Waals surface area contributed by atoms with Gasteiger partial charge in [0, 0.05) is 32.2 Å². The van der Waals surface area contributed by atoms with Crippen LogP contribution in [0.2, 0.25) is 0 Å². The van der Waals surface area contributed by atoms with Crippen LogP contribution >= 0.6 is 0 Å². The van der Waals surface area contributed by atoms with E-state index in [2.05, 4.69) is 104 Å². The Hall–Kier alpha value is -2.95. The molecule has 5 rings (SSSR count). The minimum atomic E-state index is 0.580. The number of nitrogens with zero attached hydrogens (tertiary/aromatic N) is 4. The number of hydrogen-bond acceptors (Lipinski definition) is 3. The van der Waals surface area contributed by atoms with Gasteiger partial charge >= 0.3 is 0 Å². The van der Waals surface area contributed by atoms with E-state index < -0.39 is 0 Å². The van der Waals surface area contributed by atoms with E-state index in [4.69, 9.17) is 0 Å². The maximum Gasteiger partial charge on any atom is 0.0960 e. The van der Waals surface area contributed by atoms with Gasteiger partial charge in [0.15, 0.2) is 0 Å². The Morgan fingerprint density at radius 3 is 2.03 bits per heavy atom. The molecule has 176 valence electrons. The zero-order valence-electron chi connectivity index (χ0n) is 20.1. The Balaban J connectivity index is 1.08. The Morgan fingerprint density at radius 1 is 0.735 bits per heavy atom. The van der Waals surface area contributed by atoms with E-state index in [1.165, 1.54) is 62.0 Å². The number of rotatable bonds is 10. The molecule has 4 nitrogen and oxygen atoms in total. The first-order valence-electron chi connectivity index (χ1n) is 12.8. The van der Waals surface area contributed by atoms with Gasteiger partial charge in [0.2, 0.25) is 0 Å². The van der Waals surface area contributed by atoms with E-state index in [-0.39, 0.29) is 0 Å². The lowest BCUT2D eigenvalue weighted by molar-refractivity contribution is 0.179. The second kappa shape index (κ2) is 11.5. The third-order valence-corrected chi connectivity index (χ3v) is 7.13. The topological polar surface area (TPSA) is 24.3 Å². The Kier molecular flexibility index (Phi) is 7.69. The van der Waals surface area contributed by atoms with Crippen molar-refractivity contribution in [2.45, 2.75) is 44.8 Å². The summed E-state index contributed by atoms with van der Waals surface area (Å²) in [6.07, 6.45) is 6.98. The van der Waals surface area contributed by atoms with Gasteiger partial charge in [-0.1, -0.05) is 72.8 Å². The van der Waals surface area contributed by atoms with Crippen molar-refractivity contribution in [2.75, 3.05) is 26.2 Å². The Bertz CT molecular complexity index is 1090. The van der Waals surface area contributed by atoms with Gasteiger partial charge < -0.3 is 9.47 Å². The normalized spacial score (nSPS) is 15.3. The fourth-order valence-corrected chi connectivity index (χ4v) is 5.26. The van der Waals surface area contributed by atoms with E-state index in [0.717, 1.165) is 25.2 Å². The number of likely N-dealkylation sites (tertiary alicyclic amines) is 1. The number of imidazole rings is 1. The zero-order valence-corrected chi connectivity index (χ0v) is 20.1. The summed E-state index contributed by atoms with van der Waals surface area (Å²) in [6.45, 7) is 6.76. The predicted octanol–water partition coefficient (Wildman–Crippen LogP) is 6.16.